The van der Waals surface area contributed by atoms with E-state index >= 15 is 0 Å². The number of nitriles is 1. The SMILES string of the molecule is N#C[N]=[Pb]. The predicted molar refractivity (Wildman–Crippen MR) is 13.8 cm³/mol. The first-order valence-corrected chi connectivity index (χ1v) is 2.41. The second-order valence-electron chi connectivity index (χ2n) is 0.212. The molecule has 0 atom stereocenters. The first kappa shape index (κ1) is 4.21. The summed E-state index contributed by atoms with van der Waals surface area (Å²) in [5, 5.41) is 7.49. The van der Waals surface area contributed by atoms with Crippen molar-refractivity contribution in [3.05, 3.63) is 0 Å². The van der Waals surface area contributed by atoms with Gasteiger partial charge in [-0.15, -0.1) is 0 Å². The molecule has 0 heterocycles. The van der Waals surface area contributed by atoms with E-state index in [0.29, 0.717) is 25.6 Å². The Hall–Kier alpha value is 0.212. The Balaban J connectivity index is 2.92. The van der Waals surface area contributed by atoms with Gasteiger partial charge in [-0.25, -0.2) is 0 Å². The Kier molecular flexibility index (Phi) is 3.38. The van der Waals surface area contributed by atoms with Gasteiger partial charge in [-0.3, -0.25) is 0 Å². The van der Waals surface area contributed by atoms with E-state index in [1.165, 1.54) is 0 Å². The summed E-state index contributed by atoms with van der Waals surface area (Å²) in [6.45, 7) is 0. The molecule has 0 rings (SSSR count). The van der Waals surface area contributed by atoms with E-state index in [0.717, 1.165) is 0 Å². The van der Waals surface area contributed by atoms with Crippen molar-refractivity contribution in [3.63, 3.8) is 0 Å². The van der Waals surface area contributed by atoms with Crippen molar-refractivity contribution in [2.45, 2.75) is 0 Å². The molecule has 0 saturated carbocycles. The van der Waals surface area contributed by atoms with Crippen LogP contribution in [0.25, 0.3) is 0 Å². The summed E-state index contributed by atoms with van der Waals surface area (Å²) in [4.78, 5) is 0. The van der Waals surface area contributed by atoms with Crippen molar-refractivity contribution in [1.82, 2.24) is 0 Å². The average molecular weight is 247 g/mol. The van der Waals surface area contributed by atoms with Crippen LogP contribution in [0.15, 0.2) is 2.74 Å². The van der Waals surface area contributed by atoms with Gasteiger partial charge in [-0.1, -0.05) is 0 Å². The van der Waals surface area contributed by atoms with Crippen molar-refractivity contribution < 1.29 is 0 Å². The molecule has 0 N–H and O–H groups in total. The fraction of sp³-hybridized carbons (Fsp3) is 0. The molecular weight excluding hydrogens is 247 g/mol. The molecule has 0 aromatic carbocycles. The minimum atomic E-state index is 0.654. The Morgan fingerprint density at radius 1 is 2.00 bits per heavy atom. The summed E-state index contributed by atoms with van der Waals surface area (Å²) in [5.74, 6) is 0. The van der Waals surface area contributed by atoms with E-state index in [-0.39, 0.29) is 0 Å². The van der Waals surface area contributed by atoms with Gasteiger partial charge in [0.05, 0.1) is 0 Å². The first-order valence-electron chi connectivity index (χ1n) is 0.671. The third kappa shape index (κ3) is 2.21. The first-order chi connectivity index (χ1) is 1.91. The van der Waals surface area contributed by atoms with Gasteiger partial charge in [0.15, 0.2) is 0 Å². The van der Waals surface area contributed by atoms with Crippen LogP contribution in [0.1, 0.15) is 0 Å². The monoisotopic (exact) mass is 248 g/mol. The maximum atomic E-state index is 7.49. The van der Waals surface area contributed by atoms with Crippen molar-refractivity contribution in [2.24, 2.45) is 2.74 Å². The van der Waals surface area contributed by atoms with Crippen LogP contribution < -0.4 is 0 Å². The molecule has 4 heavy (non-hydrogen) atoms. The van der Waals surface area contributed by atoms with Crippen LogP contribution in [0.2, 0.25) is 0 Å². The molecule has 2 radical (unpaired) electrons. The predicted octanol–water partition coefficient (Wildman–Crippen LogP) is -0.180. The van der Waals surface area contributed by atoms with Gasteiger partial charge in [0.2, 0.25) is 0 Å². The zero-order chi connectivity index (χ0) is 3.41. The van der Waals surface area contributed by atoms with Gasteiger partial charge in [0.25, 0.3) is 0 Å². The van der Waals surface area contributed by atoms with Crippen LogP contribution in [0, 0.1) is 11.5 Å². The summed E-state index contributed by atoms with van der Waals surface area (Å²) in [5.41, 5.74) is 0. The van der Waals surface area contributed by atoms with E-state index in [9.17, 15) is 0 Å². The molecule has 2 nitrogen and oxygen atoms in total. The maximum absolute atomic E-state index is 7.49. The second kappa shape index (κ2) is 3.21. The third-order valence-electron chi connectivity index (χ3n) is 0.0500. The summed E-state index contributed by atoms with van der Waals surface area (Å²) in [6.07, 6.45) is 1.62. The summed E-state index contributed by atoms with van der Waals surface area (Å²) in [7, 11) is 0. The standard InChI is InChI=1S/CN2.Pb/c2-1-3;. The average Bonchev–Trinajstić information content (AvgIpc) is 1.37. The molecule has 0 aliphatic rings. The summed E-state index contributed by atoms with van der Waals surface area (Å²) < 4.78 is 3.18. The van der Waals surface area contributed by atoms with E-state index in [1.807, 2.05) is 0 Å². The normalized spacial score (nSPS) is 3.75. The number of rotatable bonds is 0. The van der Waals surface area contributed by atoms with Gasteiger partial charge >= 0.3 is 39.8 Å². The van der Waals surface area contributed by atoms with Crippen molar-refractivity contribution in [3.8, 4) is 6.19 Å². The molecule has 0 unspecified atom stereocenters. The molecule has 0 saturated heterocycles. The molecule has 3 heteroatoms. The molecule has 0 aromatic heterocycles. The minimum absolute atomic E-state index is 0.654. The Labute approximate surface area is 40.1 Å². The molecule has 18 valence electrons. The van der Waals surface area contributed by atoms with Crippen LogP contribution in [-0.4, -0.2) is 25.6 Å². The summed E-state index contributed by atoms with van der Waals surface area (Å²) in [6, 6.07) is 0. The third-order valence-corrected chi connectivity index (χ3v) is 0.439. The quantitative estimate of drug-likeness (QED) is 0.432. The van der Waals surface area contributed by atoms with Gasteiger partial charge in [-0.2, -0.15) is 0 Å². The van der Waals surface area contributed by atoms with Gasteiger partial charge < -0.3 is 0 Å². The zero-order valence-corrected chi connectivity index (χ0v) is 5.78. The number of hydrogen-bond donors (Lipinski definition) is 0. The van der Waals surface area contributed by atoms with E-state index < -0.39 is 0 Å². The van der Waals surface area contributed by atoms with E-state index in [4.69, 9.17) is 5.26 Å². The fourth-order valence-electron chi connectivity index (χ4n) is 0. The van der Waals surface area contributed by atoms with Crippen molar-refractivity contribution in [1.29, 1.82) is 5.26 Å². The van der Waals surface area contributed by atoms with Crippen LogP contribution in [0.3, 0.4) is 0 Å². The summed E-state index contributed by atoms with van der Waals surface area (Å²) >= 11 is 0.654. The molecule has 0 bridgehead atoms. The molecule has 0 aliphatic carbocycles. The number of nitrogens with zero attached hydrogens (tertiary/aromatic N) is 2. The van der Waals surface area contributed by atoms with Gasteiger partial charge in [0, 0.05) is 0 Å². The van der Waals surface area contributed by atoms with Crippen LogP contribution >= 0.6 is 0 Å². The fourth-order valence-corrected chi connectivity index (χ4v) is 0. The van der Waals surface area contributed by atoms with Crippen LogP contribution in [0.5, 0.6) is 0 Å². The molecule has 0 aliphatic heterocycles. The Morgan fingerprint density at radius 2 is 2.25 bits per heavy atom. The molecule has 0 fully saturated rings. The van der Waals surface area contributed by atoms with E-state index in [1.54, 1.807) is 6.19 Å². The van der Waals surface area contributed by atoms with Crippen molar-refractivity contribution in [2.75, 3.05) is 0 Å². The molecule has 0 spiro atoms. The van der Waals surface area contributed by atoms with Gasteiger partial charge in [-0.05, 0) is 0 Å². The Bertz CT molecular complexity index is 51.5. The molecular formula is CN2Pb. The van der Waals surface area contributed by atoms with Crippen LogP contribution in [-0.2, 0) is 0 Å². The van der Waals surface area contributed by atoms with Crippen LogP contribution in [0.4, 0.5) is 0 Å². The molecule has 0 amide bonds. The second-order valence-corrected chi connectivity index (χ2v) is 1.08. The molecule has 0 aromatic rings. The number of hydrogen-bond acceptors (Lipinski definition) is 2. The van der Waals surface area contributed by atoms with Crippen molar-refractivity contribution >= 4 is 25.6 Å². The Morgan fingerprint density at radius 3 is 2.25 bits per heavy atom. The van der Waals surface area contributed by atoms with Gasteiger partial charge in [0.1, 0.15) is 0 Å². The zero-order valence-electron chi connectivity index (χ0n) is 1.89. The van der Waals surface area contributed by atoms with E-state index in [2.05, 4.69) is 2.74 Å². The topological polar surface area (TPSA) is 36.1 Å².